The second-order valence-corrected chi connectivity index (χ2v) is 5.77. The van der Waals surface area contributed by atoms with Crippen molar-refractivity contribution in [1.29, 1.82) is 0 Å². The summed E-state index contributed by atoms with van der Waals surface area (Å²) in [5, 5.41) is 2.87. The van der Waals surface area contributed by atoms with Gasteiger partial charge in [0.1, 0.15) is 5.54 Å². The number of hydrogen-bond acceptors (Lipinski definition) is 3. The van der Waals surface area contributed by atoms with Gasteiger partial charge in [-0.25, -0.2) is 14.7 Å². The van der Waals surface area contributed by atoms with Crippen LogP contribution in [0, 0.1) is 0 Å². The van der Waals surface area contributed by atoms with Crippen molar-refractivity contribution in [1.82, 2.24) is 5.32 Å². The van der Waals surface area contributed by atoms with Crippen LogP contribution in [0.5, 0.6) is 0 Å². The second kappa shape index (κ2) is 5.32. The number of carbonyl (C=O) groups excluding carboxylic acids is 2. The van der Waals surface area contributed by atoms with Gasteiger partial charge in [-0.05, 0) is 30.5 Å². The first-order valence-electron chi connectivity index (χ1n) is 7.33. The van der Waals surface area contributed by atoms with Crippen LogP contribution in [-0.2, 0) is 11.3 Å². The molecule has 0 unspecified atom stereocenters. The van der Waals surface area contributed by atoms with Gasteiger partial charge in [0.25, 0.3) is 5.91 Å². The fraction of sp³-hybridized carbons (Fsp3) is 0.400. The van der Waals surface area contributed by atoms with Crippen molar-refractivity contribution in [3.8, 4) is 0 Å². The number of carbonyl (C=O) groups is 2. The summed E-state index contributed by atoms with van der Waals surface area (Å²) >= 11 is 0. The number of nitrogens with zero attached hydrogens (tertiary/aromatic N) is 2. The first kappa shape index (κ1) is 14.4. The lowest BCUT2D eigenvalue weighted by Crippen LogP contribution is -2.44. The number of imide groups is 1. The third kappa shape index (κ3) is 2.38. The van der Waals surface area contributed by atoms with Crippen LogP contribution < -0.4 is 21.7 Å². The van der Waals surface area contributed by atoms with E-state index in [1.807, 2.05) is 6.07 Å². The summed E-state index contributed by atoms with van der Waals surface area (Å²) < 4.78 is 0. The molecule has 0 aromatic heterocycles. The van der Waals surface area contributed by atoms with Crippen LogP contribution in [-0.4, -0.2) is 23.4 Å². The maximum Gasteiger partial charge on any atom is 0.329 e. The molecule has 2 aliphatic rings. The van der Waals surface area contributed by atoms with Gasteiger partial charge in [0.05, 0.1) is 12.2 Å². The van der Waals surface area contributed by atoms with Crippen LogP contribution in [0.1, 0.15) is 31.2 Å². The highest BCUT2D eigenvalue weighted by Gasteiger charge is 2.52. The molecule has 1 aliphatic carbocycles. The van der Waals surface area contributed by atoms with Gasteiger partial charge in [0, 0.05) is 0 Å². The SMILES string of the molecule is NC(N)=NCc1cccc(N2C(=O)NC3(CCCC3)C2=O)c1. The summed E-state index contributed by atoms with van der Waals surface area (Å²) in [5.74, 6) is -0.153. The van der Waals surface area contributed by atoms with Gasteiger partial charge >= 0.3 is 6.03 Å². The largest absolute Gasteiger partial charge is 0.370 e. The normalized spacial score (nSPS) is 19.5. The van der Waals surface area contributed by atoms with E-state index in [0.717, 1.165) is 18.4 Å². The van der Waals surface area contributed by atoms with Crippen LogP contribution in [0.2, 0.25) is 0 Å². The molecule has 0 atom stereocenters. The number of amides is 3. The fourth-order valence-electron chi connectivity index (χ4n) is 3.15. The molecule has 1 saturated carbocycles. The molecule has 116 valence electrons. The standard InChI is InChI=1S/C15H19N5O2/c16-13(17)18-9-10-4-3-5-11(8-10)20-12(21)15(19-14(20)22)6-1-2-7-15/h3-5,8H,1-2,6-7,9H2,(H,19,22)(H4,16,17,18). The van der Waals surface area contributed by atoms with E-state index in [2.05, 4.69) is 10.3 Å². The minimum Gasteiger partial charge on any atom is -0.370 e. The molecule has 7 heteroatoms. The van der Waals surface area contributed by atoms with Crippen molar-refractivity contribution < 1.29 is 9.59 Å². The van der Waals surface area contributed by atoms with E-state index in [-0.39, 0.29) is 17.9 Å². The predicted octanol–water partition coefficient (Wildman–Crippen LogP) is 0.829. The number of anilines is 1. The van der Waals surface area contributed by atoms with Crippen LogP contribution in [0.3, 0.4) is 0 Å². The first-order chi connectivity index (χ1) is 10.5. The fourth-order valence-corrected chi connectivity index (χ4v) is 3.15. The number of nitrogens with two attached hydrogens (primary N) is 2. The molecule has 1 heterocycles. The third-order valence-corrected chi connectivity index (χ3v) is 4.23. The molecule has 1 aromatic carbocycles. The minimum absolute atomic E-state index is 0.00491. The third-order valence-electron chi connectivity index (χ3n) is 4.23. The number of nitrogens with one attached hydrogen (secondary N) is 1. The van der Waals surface area contributed by atoms with Crippen molar-refractivity contribution in [3.63, 3.8) is 0 Å². The van der Waals surface area contributed by atoms with Gasteiger partial charge in [-0.1, -0.05) is 25.0 Å². The smallest absolute Gasteiger partial charge is 0.329 e. The van der Waals surface area contributed by atoms with E-state index in [4.69, 9.17) is 11.5 Å². The number of aliphatic imine (C=N–C) groups is 1. The highest BCUT2D eigenvalue weighted by atomic mass is 16.2. The molecule has 0 radical (unpaired) electrons. The highest BCUT2D eigenvalue weighted by Crippen LogP contribution is 2.37. The molecular formula is C15H19N5O2. The minimum atomic E-state index is -0.701. The molecule has 7 nitrogen and oxygen atoms in total. The summed E-state index contributed by atoms with van der Waals surface area (Å²) in [7, 11) is 0. The van der Waals surface area contributed by atoms with E-state index in [9.17, 15) is 9.59 Å². The van der Waals surface area contributed by atoms with E-state index >= 15 is 0 Å². The zero-order valence-corrected chi connectivity index (χ0v) is 12.2. The average Bonchev–Trinajstić information content (AvgIpc) is 3.04. The molecule has 0 bridgehead atoms. The number of guanidine groups is 1. The molecule has 3 rings (SSSR count). The van der Waals surface area contributed by atoms with Crippen molar-refractivity contribution in [2.45, 2.75) is 37.8 Å². The van der Waals surface area contributed by atoms with Gasteiger partial charge < -0.3 is 16.8 Å². The van der Waals surface area contributed by atoms with Crippen molar-refractivity contribution in [2.24, 2.45) is 16.5 Å². The zero-order valence-electron chi connectivity index (χ0n) is 12.2. The van der Waals surface area contributed by atoms with Gasteiger partial charge in [0.15, 0.2) is 5.96 Å². The molecular weight excluding hydrogens is 282 g/mol. The highest BCUT2D eigenvalue weighted by molar-refractivity contribution is 6.23. The number of benzene rings is 1. The Morgan fingerprint density at radius 3 is 2.68 bits per heavy atom. The Bertz CT molecular complexity index is 645. The monoisotopic (exact) mass is 301 g/mol. The van der Waals surface area contributed by atoms with E-state index in [0.29, 0.717) is 25.1 Å². The van der Waals surface area contributed by atoms with E-state index in [1.54, 1.807) is 18.2 Å². The lowest BCUT2D eigenvalue weighted by atomic mass is 9.98. The summed E-state index contributed by atoms with van der Waals surface area (Å²) in [6.07, 6.45) is 3.35. The molecule has 3 amide bonds. The lowest BCUT2D eigenvalue weighted by Gasteiger charge is -2.20. The van der Waals surface area contributed by atoms with Gasteiger partial charge in [-0.2, -0.15) is 0 Å². The van der Waals surface area contributed by atoms with E-state index < -0.39 is 5.54 Å². The maximum atomic E-state index is 12.7. The van der Waals surface area contributed by atoms with E-state index in [1.165, 1.54) is 4.90 Å². The summed E-state index contributed by atoms with van der Waals surface area (Å²) in [6, 6.07) is 6.78. The summed E-state index contributed by atoms with van der Waals surface area (Å²) in [6.45, 7) is 0.310. The van der Waals surface area contributed by atoms with Crippen molar-refractivity contribution in [2.75, 3.05) is 4.90 Å². The Morgan fingerprint density at radius 2 is 2.00 bits per heavy atom. The number of rotatable bonds is 3. The van der Waals surface area contributed by atoms with Crippen molar-refractivity contribution >= 4 is 23.6 Å². The molecule has 5 N–H and O–H groups in total. The zero-order chi connectivity index (χ0) is 15.7. The lowest BCUT2D eigenvalue weighted by molar-refractivity contribution is -0.121. The van der Waals surface area contributed by atoms with Crippen LogP contribution in [0.4, 0.5) is 10.5 Å². The molecule has 1 aliphatic heterocycles. The predicted molar refractivity (Wildman–Crippen MR) is 83.2 cm³/mol. The van der Waals surface area contributed by atoms with Crippen molar-refractivity contribution in [3.05, 3.63) is 29.8 Å². The topological polar surface area (TPSA) is 114 Å². The average molecular weight is 301 g/mol. The molecule has 1 spiro atoms. The first-order valence-corrected chi connectivity index (χ1v) is 7.33. The maximum absolute atomic E-state index is 12.7. The Hall–Kier alpha value is -2.57. The molecule has 1 saturated heterocycles. The Balaban J connectivity index is 1.87. The molecule has 1 aromatic rings. The quantitative estimate of drug-likeness (QED) is 0.436. The second-order valence-electron chi connectivity index (χ2n) is 5.77. The summed E-state index contributed by atoms with van der Waals surface area (Å²) in [4.78, 5) is 30.1. The van der Waals surface area contributed by atoms with Crippen LogP contribution in [0.25, 0.3) is 0 Å². The Kier molecular flexibility index (Phi) is 3.48. The van der Waals surface area contributed by atoms with Gasteiger partial charge in [0.2, 0.25) is 0 Å². The van der Waals surface area contributed by atoms with Crippen LogP contribution in [0.15, 0.2) is 29.3 Å². The summed E-state index contributed by atoms with van der Waals surface area (Å²) in [5.41, 5.74) is 11.3. The van der Waals surface area contributed by atoms with Gasteiger partial charge in [-0.15, -0.1) is 0 Å². The number of hydrogen-bond donors (Lipinski definition) is 3. The van der Waals surface area contributed by atoms with Crippen LogP contribution >= 0.6 is 0 Å². The Morgan fingerprint density at radius 1 is 1.27 bits per heavy atom. The number of urea groups is 1. The Labute approximate surface area is 128 Å². The molecule has 2 fully saturated rings. The molecule has 22 heavy (non-hydrogen) atoms. The van der Waals surface area contributed by atoms with Gasteiger partial charge in [-0.3, -0.25) is 4.79 Å².